The van der Waals surface area contributed by atoms with Gasteiger partial charge in [0.05, 0.1) is 5.69 Å². The smallest absolute Gasteiger partial charge is 0.176 e. The van der Waals surface area contributed by atoms with Crippen LogP contribution in [0.25, 0.3) is 6.08 Å². The highest BCUT2D eigenvalue weighted by atomic mass is 16.1. The third-order valence-electron chi connectivity index (χ3n) is 1.95. The lowest BCUT2D eigenvalue weighted by Crippen LogP contribution is -2.03. The van der Waals surface area contributed by atoms with Crippen molar-refractivity contribution in [3.05, 3.63) is 29.6 Å². The summed E-state index contributed by atoms with van der Waals surface area (Å²) < 4.78 is 2.02. The molecule has 0 spiro atoms. The second-order valence-electron chi connectivity index (χ2n) is 2.71. The molecular formula is C9H9NO. The Balaban J connectivity index is 2.55. The number of ketones is 1. The van der Waals surface area contributed by atoms with E-state index in [2.05, 4.69) is 6.08 Å². The quantitative estimate of drug-likeness (QED) is 0.554. The number of nitrogens with zero attached hydrogens (tertiary/aromatic N) is 1. The molecule has 0 amide bonds. The molecule has 0 aromatic carbocycles. The fraction of sp³-hybridized carbons (Fsp3) is 0.222. The van der Waals surface area contributed by atoms with Crippen molar-refractivity contribution >= 4 is 11.9 Å². The summed E-state index contributed by atoms with van der Waals surface area (Å²) >= 11 is 0. The van der Waals surface area contributed by atoms with Crippen LogP contribution >= 0.6 is 0 Å². The Morgan fingerprint density at radius 2 is 2.36 bits per heavy atom. The van der Waals surface area contributed by atoms with Gasteiger partial charge in [-0.2, -0.15) is 0 Å². The molecule has 0 atom stereocenters. The summed E-state index contributed by atoms with van der Waals surface area (Å²) in [5, 5.41) is 0. The van der Waals surface area contributed by atoms with E-state index >= 15 is 0 Å². The van der Waals surface area contributed by atoms with Crippen LogP contribution in [0.2, 0.25) is 0 Å². The van der Waals surface area contributed by atoms with E-state index in [1.807, 2.05) is 22.8 Å². The van der Waals surface area contributed by atoms with E-state index < -0.39 is 0 Å². The predicted molar refractivity (Wildman–Crippen MR) is 43.5 cm³/mol. The molecular weight excluding hydrogens is 138 g/mol. The van der Waals surface area contributed by atoms with E-state index in [0.29, 0.717) is 0 Å². The topological polar surface area (TPSA) is 22.0 Å². The fourth-order valence-corrected chi connectivity index (χ4v) is 1.42. The third kappa shape index (κ3) is 0.827. The zero-order chi connectivity index (χ0) is 7.84. The van der Waals surface area contributed by atoms with Gasteiger partial charge in [-0.3, -0.25) is 4.79 Å². The number of carbonyl (C=O) groups excluding carboxylic acids is 1. The number of hydrogen-bond donors (Lipinski definition) is 0. The Labute approximate surface area is 65.1 Å². The van der Waals surface area contributed by atoms with Crippen molar-refractivity contribution in [3.8, 4) is 0 Å². The minimum Gasteiger partial charge on any atom is -0.335 e. The van der Waals surface area contributed by atoms with Gasteiger partial charge in [-0.25, -0.2) is 0 Å². The molecule has 1 aromatic rings. The SMILES string of the molecule is CC(=O)c1ccc2n1CC=C2. The molecule has 1 aromatic heterocycles. The highest BCUT2D eigenvalue weighted by Crippen LogP contribution is 2.16. The standard InChI is InChI=1S/C9H9NO/c1-7(11)9-5-4-8-3-2-6-10(8)9/h2-5H,6H2,1H3. The van der Waals surface area contributed by atoms with Crippen molar-refractivity contribution < 1.29 is 4.79 Å². The van der Waals surface area contributed by atoms with Crippen LogP contribution in [0, 0.1) is 0 Å². The van der Waals surface area contributed by atoms with E-state index in [9.17, 15) is 4.79 Å². The Hall–Kier alpha value is -1.31. The van der Waals surface area contributed by atoms with Gasteiger partial charge < -0.3 is 4.57 Å². The number of aromatic nitrogens is 1. The van der Waals surface area contributed by atoms with Crippen molar-refractivity contribution in [3.63, 3.8) is 0 Å². The van der Waals surface area contributed by atoms with E-state index in [-0.39, 0.29) is 5.78 Å². The second-order valence-corrected chi connectivity index (χ2v) is 2.71. The average Bonchev–Trinajstić information content (AvgIpc) is 2.41. The summed E-state index contributed by atoms with van der Waals surface area (Å²) in [6.45, 7) is 2.44. The molecule has 56 valence electrons. The van der Waals surface area contributed by atoms with Crippen LogP contribution in [-0.2, 0) is 6.54 Å². The molecule has 2 heterocycles. The molecule has 0 aliphatic carbocycles. The largest absolute Gasteiger partial charge is 0.335 e. The summed E-state index contributed by atoms with van der Waals surface area (Å²) in [6, 6.07) is 3.85. The van der Waals surface area contributed by atoms with Gasteiger partial charge in [0.25, 0.3) is 0 Å². The Morgan fingerprint density at radius 1 is 1.55 bits per heavy atom. The van der Waals surface area contributed by atoms with Gasteiger partial charge in [-0.15, -0.1) is 0 Å². The summed E-state index contributed by atoms with van der Waals surface area (Å²) in [4.78, 5) is 11.0. The maximum Gasteiger partial charge on any atom is 0.176 e. The summed E-state index contributed by atoms with van der Waals surface area (Å²) in [5.74, 6) is 0.139. The molecule has 0 fully saturated rings. The van der Waals surface area contributed by atoms with Gasteiger partial charge in [0, 0.05) is 19.2 Å². The van der Waals surface area contributed by atoms with Gasteiger partial charge in [0.1, 0.15) is 0 Å². The van der Waals surface area contributed by atoms with Crippen LogP contribution in [0.3, 0.4) is 0 Å². The van der Waals surface area contributed by atoms with E-state index in [0.717, 1.165) is 17.9 Å². The molecule has 11 heavy (non-hydrogen) atoms. The minimum atomic E-state index is 0.139. The zero-order valence-corrected chi connectivity index (χ0v) is 6.37. The molecule has 0 N–H and O–H groups in total. The van der Waals surface area contributed by atoms with Crippen LogP contribution in [0.4, 0.5) is 0 Å². The van der Waals surface area contributed by atoms with Crippen molar-refractivity contribution in [1.29, 1.82) is 0 Å². The Bertz CT molecular complexity index is 333. The molecule has 1 aliphatic rings. The second kappa shape index (κ2) is 2.09. The Kier molecular flexibility index (Phi) is 1.22. The van der Waals surface area contributed by atoms with Crippen molar-refractivity contribution in [1.82, 2.24) is 4.57 Å². The number of carbonyl (C=O) groups is 1. The Morgan fingerprint density at radius 3 is 3.09 bits per heavy atom. The van der Waals surface area contributed by atoms with Crippen LogP contribution in [0.5, 0.6) is 0 Å². The highest BCUT2D eigenvalue weighted by molar-refractivity contribution is 5.93. The van der Waals surface area contributed by atoms with Crippen molar-refractivity contribution in [2.24, 2.45) is 0 Å². The van der Waals surface area contributed by atoms with E-state index in [4.69, 9.17) is 0 Å². The molecule has 2 heteroatoms. The minimum absolute atomic E-state index is 0.139. The number of rotatable bonds is 1. The van der Waals surface area contributed by atoms with Gasteiger partial charge in [-0.1, -0.05) is 6.08 Å². The number of fused-ring (bicyclic) bond motifs is 1. The molecule has 0 unspecified atom stereocenters. The molecule has 0 saturated carbocycles. The average molecular weight is 147 g/mol. The molecule has 2 rings (SSSR count). The highest BCUT2D eigenvalue weighted by Gasteiger charge is 2.11. The monoisotopic (exact) mass is 147 g/mol. The summed E-state index contributed by atoms with van der Waals surface area (Å²) in [6.07, 6.45) is 4.09. The van der Waals surface area contributed by atoms with Crippen LogP contribution < -0.4 is 0 Å². The molecule has 0 radical (unpaired) electrons. The first-order valence-corrected chi connectivity index (χ1v) is 3.66. The molecule has 0 bridgehead atoms. The lowest BCUT2D eigenvalue weighted by molar-refractivity contribution is 0.100. The normalized spacial score (nSPS) is 13.5. The lowest BCUT2D eigenvalue weighted by Gasteiger charge is -2.00. The summed E-state index contributed by atoms with van der Waals surface area (Å²) in [5.41, 5.74) is 1.94. The predicted octanol–water partition coefficient (Wildman–Crippen LogP) is 1.72. The lowest BCUT2D eigenvalue weighted by atomic mass is 10.3. The van der Waals surface area contributed by atoms with Crippen LogP contribution in [0.1, 0.15) is 23.1 Å². The number of hydrogen-bond acceptors (Lipinski definition) is 1. The van der Waals surface area contributed by atoms with Crippen molar-refractivity contribution in [2.45, 2.75) is 13.5 Å². The van der Waals surface area contributed by atoms with Crippen molar-refractivity contribution in [2.75, 3.05) is 0 Å². The maximum atomic E-state index is 11.0. The number of Topliss-reactive ketones (excluding diaryl/α,β-unsaturated/α-hetero) is 1. The fourth-order valence-electron chi connectivity index (χ4n) is 1.42. The van der Waals surface area contributed by atoms with E-state index in [1.54, 1.807) is 6.92 Å². The van der Waals surface area contributed by atoms with Gasteiger partial charge in [-0.05, 0) is 18.2 Å². The molecule has 0 saturated heterocycles. The maximum absolute atomic E-state index is 11.0. The molecule has 2 nitrogen and oxygen atoms in total. The number of allylic oxidation sites excluding steroid dienone is 1. The van der Waals surface area contributed by atoms with Gasteiger partial charge in [0.15, 0.2) is 5.78 Å². The van der Waals surface area contributed by atoms with Crippen LogP contribution in [0.15, 0.2) is 18.2 Å². The first kappa shape index (κ1) is 6.40. The summed E-state index contributed by atoms with van der Waals surface area (Å²) in [7, 11) is 0. The first-order chi connectivity index (χ1) is 5.29. The van der Waals surface area contributed by atoms with Gasteiger partial charge >= 0.3 is 0 Å². The third-order valence-corrected chi connectivity index (χ3v) is 1.95. The first-order valence-electron chi connectivity index (χ1n) is 3.66. The van der Waals surface area contributed by atoms with Gasteiger partial charge in [0.2, 0.25) is 0 Å². The van der Waals surface area contributed by atoms with Crippen LogP contribution in [-0.4, -0.2) is 10.4 Å². The zero-order valence-electron chi connectivity index (χ0n) is 6.37. The van der Waals surface area contributed by atoms with E-state index in [1.165, 1.54) is 0 Å². The molecule has 1 aliphatic heterocycles.